The molecule has 2 aromatic carbocycles. The summed E-state index contributed by atoms with van der Waals surface area (Å²) in [7, 11) is 2.09. The van der Waals surface area contributed by atoms with E-state index < -0.39 is 0 Å². The van der Waals surface area contributed by atoms with Gasteiger partial charge < -0.3 is 15.5 Å². The number of amides is 1. The maximum absolute atomic E-state index is 12.2. The summed E-state index contributed by atoms with van der Waals surface area (Å²) in [5.74, 6) is 0.316. The van der Waals surface area contributed by atoms with Crippen LogP contribution in [0.4, 0.5) is 22.9 Å². The highest BCUT2D eigenvalue weighted by molar-refractivity contribution is 6.02. The zero-order valence-electron chi connectivity index (χ0n) is 14.4. The molecule has 0 atom stereocenters. The fourth-order valence-electron chi connectivity index (χ4n) is 3.00. The SMILES string of the molecule is CN1CCc2ccc(Nc3ccc(C(=O)Nc4ccccc4)nn3)cc21. The van der Waals surface area contributed by atoms with Crippen LogP contribution in [0.1, 0.15) is 16.1 Å². The first kappa shape index (κ1) is 16.1. The Bertz CT molecular complexity index is 925. The Kier molecular flexibility index (Phi) is 4.23. The Balaban J connectivity index is 1.45. The minimum atomic E-state index is -0.283. The molecule has 0 saturated heterocycles. The quantitative estimate of drug-likeness (QED) is 0.758. The average Bonchev–Trinajstić information content (AvgIpc) is 3.04. The van der Waals surface area contributed by atoms with Crippen molar-refractivity contribution in [2.24, 2.45) is 0 Å². The first-order valence-corrected chi connectivity index (χ1v) is 8.50. The first-order chi connectivity index (χ1) is 12.7. The number of aromatic nitrogens is 2. The van der Waals surface area contributed by atoms with E-state index in [4.69, 9.17) is 0 Å². The number of carbonyl (C=O) groups excluding carboxylic acids is 1. The summed E-state index contributed by atoms with van der Waals surface area (Å²) < 4.78 is 0. The van der Waals surface area contributed by atoms with Crippen LogP contribution < -0.4 is 15.5 Å². The van der Waals surface area contributed by atoms with E-state index in [1.54, 1.807) is 12.1 Å². The van der Waals surface area contributed by atoms with E-state index in [2.05, 4.69) is 44.9 Å². The van der Waals surface area contributed by atoms with Gasteiger partial charge in [-0.2, -0.15) is 0 Å². The van der Waals surface area contributed by atoms with Crippen LogP contribution in [0.25, 0.3) is 0 Å². The Morgan fingerprint density at radius 1 is 1.00 bits per heavy atom. The molecule has 0 radical (unpaired) electrons. The van der Waals surface area contributed by atoms with Crippen molar-refractivity contribution in [3.63, 3.8) is 0 Å². The van der Waals surface area contributed by atoms with Crippen LogP contribution in [0.15, 0.2) is 60.7 Å². The van der Waals surface area contributed by atoms with Crippen LogP contribution in [0.3, 0.4) is 0 Å². The number of benzene rings is 2. The first-order valence-electron chi connectivity index (χ1n) is 8.50. The van der Waals surface area contributed by atoms with Crippen LogP contribution in [-0.4, -0.2) is 29.7 Å². The highest BCUT2D eigenvalue weighted by Crippen LogP contribution is 2.30. The lowest BCUT2D eigenvalue weighted by Gasteiger charge is -2.13. The molecule has 26 heavy (non-hydrogen) atoms. The third kappa shape index (κ3) is 3.35. The van der Waals surface area contributed by atoms with Crippen LogP contribution >= 0.6 is 0 Å². The van der Waals surface area contributed by atoms with Gasteiger partial charge in [-0.15, -0.1) is 10.2 Å². The molecule has 6 heteroatoms. The average molecular weight is 345 g/mol. The number of likely N-dealkylation sites (N-methyl/N-ethyl adjacent to an activating group) is 1. The molecule has 0 spiro atoms. The lowest BCUT2D eigenvalue weighted by molar-refractivity contribution is 0.102. The van der Waals surface area contributed by atoms with Crippen molar-refractivity contribution in [1.82, 2.24) is 10.2 Å². The Labute approximate surface area is 151 Å². The number of nitrogens with one attached hydrogen (secondary N) is 2. The molecular weight excluding hydrogens is 326 g/mol. The zero-order chi connectivity index (χ0) is 17.9. The maximum Gasteiger partial charge on any atom is 0.276 e. The second-order valence-corrected chi connectivity index (χ2v) is 6.26. The monoisotopic (exact) mass is 345 g/mol. The lowest BCUT2D eigenvalue weighted by Crippen LogP contribution is -2.14. The summed E-state index contributed by atoms with van der Waals surface area (Å²) in [5, 5.41) is 14.2. The highest BCUT2D eigenvalue weighted by atomic mass is 16.1. The molecule has 0 unspecified atom stereocenters. The molecule has 3 aromatic rings. The van der Waals surface area contributed by atoms with Crippen LogP contribution in [-0.2, 0) is 6.42 Å². The van der Waals surface area contributed by atoms with Gasteiger partial charge in [-0.1, -0.05) is 24.3 Å². The van der Waals surface area contributed by atoms with Crippen LogP contribution in [0, 0.1) is 0 Å². The van der Waals surface area contributed by atoms with Gasteiger partial charge in [0.05, 0.1) is 0 Å². The fourth-order valence-corrected chi connectivity index (χ4v) is 3.00. The van der Waals surface area contributed by atoms with Gasteiger partial charge in [-0.3, -0.25) is 4.79 Å². The van der Waals surface area contributed by atoms with Gasteiger partial charge >= 0.3 is 0 Å². The second-order valence-electron chi connectivity index (χ2n) is 6.26. The second kappa shape index (κ2) is 6.84. The van der Waals surface area contributed by atoms with Gasteiger partial charge in [-0.05, 0) is 48.4 Å². The van der Waals surface area contributed by atoms with Crippen molar-refractivity contribution in [3.8, 4) is 0 Å². The minimum absolute atomic E-state index is 0.271. The molecule has 1 aliphatic rings. The molecule has 2 heterocycles. The molecule has 0 saturated carbocycles. The summed E-state index contributed by atoms with van der Waals surface area (Å²) in [6.07, 6.45) is 1.08. The Morgan fingerprint density at radius 3 is 2.62 bits per heavy atom. The topological polar surface area (TPSA) is 70.2 Å². The summed E-state index contributed by atoms with van der Waals surface area (Å²) in [6.45, 7) is 1.05. The summed E-state index contributed by atoms with van der Waals surface area (Å²) in [5.41, 5.74) is 4.55. The molecule has 130 valence electrons. The van der Waals surface area contributed by atoms with Crippen molar-refractivity contribution < 1.29 is 4.79 Å². The van der Waals surface area contributed by atoms with Crippen LogP contribution in [0.2, 0.25) is 0 Å². The fraction of sp³-hybridized carbons (Fsp3) is 0.150. The molecular formula is C20H19N5O. The smallest absolute Gasteiger partial charge is 0.276 e. The molecule has 0 bridgehead atoms. The molecule has 1 amide bonds. The van der Waals surface area contributed by atoms with E-state index in [-0.39, 0.29) is 11.6 Å². The third-order valence-corrected chi connectivity index (χ3v) is 4.41. The normalized spacial score (nSPS) is 12.6. The van der Waals surface area contributed by atoms with Crippen molar-refractivity contribution in [3.05, 3.63) is 71.9 Å². The summed E-state index contributed by atoms with van der Waals surface area (Å²) in [4.78, 5) is 14.4. The lowest BCUT2D eigenvalue weighted by atomic mass is 10.1. The molecule has 0 aliphatic carbocycles. The Hall–Kier alpha value is -3.41. The summed E-state index contributed by atoms with van der Waals surface area (Å²) >= 11 is 0. The van der Waals surface area contributed by atoms with Crippen molar-refractivity contribution in [2.75, 3.05) is 29.1 Å². The molecule has 6 nitrogen and oxygen atoms in total. The van der Waals surface area contributed by atoms with E-state index in [1.807, 2.05) is 36.4 Å². The van der Waals surface area contributed by atoms with E-state index >= 15 is 0 Å². The summed E-state index contributed by atoms with van der Waals surface area (Å²) in [6, 6.07) is 19.0. The number of para-hydroxylation sites is 1. The molecule has 0 fully saturated rings. The molecule has 4 rings (SSSR count). The number of anilines is 4. The predicted octanol–water partition coefficient (Wildman–Crippen LogP) is 3.46. The van der Waals surface area contributed by atoms with Gasteiger partial charge in [0.25, 0.3) is 5.91 Å². The van der Waals surface area contributed by atoms with Gasteiger partial charge in [-0.25, -0.2) is 0 Å². The molecule has 2 N–H and O–H groups in total. The van der Waals surface area contributed by atoms with Crippen molar-refractivity contribution in [2.45, 2.75) is 6.42 Å². The van der Waals surface area contributed by atoms with Gasteiger partial charge in [0.15, 0.2) is 11.5 Å². The van der Waals surface area contributed by atoms with E-state index in [0.717, 1.165) is 24.3 Å². The number of hydrogen-bond acceptors (Lipinski definition) is 5. The number of rotatable bonds is 4. The van der Waals surface area contributed by atoms with E-state index in [0.29, 0.717) is 5.82 Å². The zero-order valence-corrected chi connectivity index (χ0v) is 14.4. The predicted molar refractivity (Wildman–Crippen MR) is 103 cm³/mol. The Morgan fingerprint density at radius 2 is 1.85 bits per heavy atom. The minimum Gasteiger partial charge on any atom is -0.374 e. The van der Waals surface area contributed by atoms with E-state index in [9.17, 15) is 4.79 Å². The largest absolute Gasteiger partial charge is 0.374 e. The van der Waals surface area contributed by atoms with Crippen molar-refractivity contribution in [1.29, 1.82) is 0 Å². The highest BCUT2D eigenvalue weighted by Gasteiger charge is 2.16. The standard InChI is InChI=1S/C20H19N5O/c1-25-12-11-14-7-8-16(13-18(14)25)21-19-10-9-17(23-24-19)20(26)22-15-5-3-2-4-6-15/h2-10,13H,11-12H2,1H3,(H,21,24)(H,22,26). The van der Waals surface area contributed by atoms with Gasteiger partial charge in [0, 0.05) is 30.7 Å². The van der Waals surface area contributed by atoms with E-state index in [1.165, 1.54) is 11.3 Å². The van der Waals surface area contributed by atoms with Gasteiger partial charge in [0.2, 0.25) is 0 Å². The molecule has 1 aromatic heterocycles. The maximum atomic E-state index is 12.2. The number of nitrogens with zero attached hydrogens (tertiary/aromatic N) is 3. The van der Waals surface area contributed by atoms with Crippen molar-refractivity contribution >= 4 is 28.8 Å². The molecule has 1 aliphatic heterocycles. The number of hydrogen-bond donors (Lipinski definition) is 2. The number of fused-ring (bicyclic) bond motifs is 1. The van der Waals surface area contributed by atoms with Gasteiger partial charge in [0.1, 0.15) is 0 Å². The number of carbonyl (C=O) groups is 1. The third-order valence-electron chi connectivity index (χ3n) is 4.41. The van der Waals surface area contributed by atoms with Crippen LogP contribution in [0.5, 0.6) is 0 Å².